The molecule has 0 saturated heterocycles. The van der Waals surface area contributed by atoms with Crippen LogP contribution in [0.5, 0.6) is 0 Å². The maximum atomic E-state index is 11.8. The van der Waals surface area contributed by atoms with Crippen molar-refractivity contribution in [2.45, 2.75) is 65.5 Å². The Labute approximate surface area is 172 Å². The van der Waals surface area contributed by atoms with Crippen LogP contribution in [0.1, 0.15) is 41.0 Å². The lowest BCUT2D eigenvalue weighted by atomic mass is 9.98. The zero-order valence-electron chi connectivity index (χ0n) is 17.4. The summed E-state index contributed by atoms with van der Waals surface area (Å²) in [4.78, 5) is 69.3. The van der Waals surface area contributed by atoms with Crippen LogP contribution in [0, 0.1) is 0 Å². The van der Waals surface area contributed by atoms with Gasteiger partial charge in [-0.05, 0) is 0 Å². The van der Waals surface area contributed by atoms with Crippen LogP contribution in [0.25, 0.3) is 0 Å². The van der Waals surface area contributed by atoms with E-state index >= 15 is 0 Å². The van der Waals surface area contributed by atoms with E-state index in [2.05, 4.69) is 0 Å². The van der Waals surface area contributed by atoms with Crippen molar-refractivity contribution in [2.24, 2.45) is 0 Å². The monoisotopic (exact) mass is 434 g/mol. The summed E-state index contributed by atoms with van der Waals surface area (Å²) in [6, 6.07) is 0. The minimum atomic E-state index is -1.63. The molecule has 4 atom stereocenters. The van der Waals surface area contributed by atoms with Crippen LogP contribution in [0.3, 0.4) is 0 Å². The van der Waals surface area contributed by atoms with Gasteiger partial charge in [-0.15, -0.1) is 0 Å². The van der Waals surface area contributed by atoms with Crippen LogP contribution in [0.15, 0.2) is 0 Å². The van der Waals surface area contributed by atoms with E-state index in [-0.39, 0.29) is 0 Å². The predicted molar refractivity (Wildman–Crippen MR) is 95.6 cm³/mol. The molecule has 0 rings (SSSR count). The van der Waals surface area contributed by atoms with E-state index in [1.807, 2.05) is 0 Å². The first-order valence-corrected chi connectivity index (χ1v) is 8.82. The molecular weight excluding hydrogens is 408 g/mol. The van der Waals surface area contributed by atoms with Gasteiger partial charge in [0.15, 0.2) is 24.1 Å². The molecular formula is C18H26O12. The first-order valence-electron chi connectivity index (χ1n) is 8.82. The van der Waals surface area contributed by atoms with Crippen molar-refractivity contribution in [2.75, 3.05) is 13.2 Å². The summed E-state index contributed by atoms with van der Waals surface area (Å²) < 4.78 is 25.2. The quantitative estimate of drug-likeness (QED) is 0.301. The third-order valence-electron chi connectivity index (χ3n) is 3.35. The van der Waals surface area contributed by atoms with E-state index < -0.39 is 79.7 Å². The summed E-state index contributed by atoms with van der Waals surface area (Å²) in [5, 5.41) is 9.03. The number of aliphatic hydroxyl groups excluding tert-OH is 1. The number of carbonyl (C=O) groups excluding carboxylic acids is 6. The number of esters is 5. The lowest BCUT2D eigenvalue weighted by Crippen LogP contribution is -2.53. The van der Waals surface area contributed by atoms with E-state index in [1.54, 1.807) is 0 Å². The number of Topliss-reactive ketones (excluding diaryl/α,β-unsaturated/α-hetero) is 1. The fourth-order valence-corrected chi connectivity index (χ4v) is 2.43. The highest BCUT2D eigenvalue weighted by Gasteiger charge is 2.44. The topological polar surface area (TPSA) is 169 Å². The van der Waals surface area contributed by atoms with Crippen LogP contribution >= 0.6 is 0 Å². The molecule has 0 saturated carbocycles. The van der Waals surface area contributed by atoms with Crippen molar-refractivity contribution in [1.29, 1.82) is 0 Å². The zero-order valence-corrected chi connectivity index (χ0v) is 17.4. The number of ether oxygens (including phenoxy) is 5. The Balaban J connectivity index is 6.26. The van der Waals surface area contributed by atoms with Gasteiger partial charge in [0.05, 0.1) is 0 Å². The SMILES string of the molecule is CC(=O)OC[C@@H](OC(C)=O)[C@@H](OC(C)=O)[C@H](OC(C)=O)[C@H](CC(=O)CO)OC(C)=O. The number of hydrogen-bond acceptors (Lipinski definition) is 12. The van der Waals surface area contributed by atoms with E-state index in [4.69, 9.17) is 28.8 Å². The molecule has 0 aliphatic heterocycles. The number of ketones is 1. The second-order valence-corrected chi connectivity index (χ2v) is 6.15. The van der Waals surface area contributed by atoms with E-state index in [0.717, 1.165) is 34.6 Å². The molecule has 12 heteroatoms. The highest BCUT2D eigenvalue weighted by atomic mass is 16.6. The second kappa shape index (κ2) is 13.2. The van der Waals surface area contributed by atoms with Crippen LogP contribution in [0.4, 0.5) is 0 Å². The number of carbonyl (C=O) groups is 6. The first-order chi connectivity index (χ1) is 13.9. The average Bonchev–Trinajstić information content (AvgIpc) is 2.59. The summed E-state index contributed by atoms with van der Waals surface area (Å²) in [6.07, 6.45) is -6.84. The molecule has 0 aromatic carbocycles. The fraction of sp³-hybridized carbons (Fsp3) is 0.667. The van der Waals surface area contributed by atoms with Crippen molar-refractivity contribution in [3.05, 3.63) is 0 Å². The summed E-state index contributed by atoms with van der Waals surface area (Å²) in [5.41, 5.74) is 0. The Morgan fingerprint density at radius 2 is 1.03 bits per heavy atom. The summed E-state index contributed by atoms with van der Waals surface area (Å²) in [7, 11) is 0. The molecule has 0 heterocycles. The first kappa shape index (κ1) is 27.0. The molecule has 12 nitrogen and oxygen atoms in total. The van der Waals surface area contributed by atoms with Crippen LogP contribution in [0.2, 0.25) is 0 Å². The van der Waals surface area contributed by atoms with Gasteiger partial charge in [0.2, 0.25) is 0 Å². The summed E-state index contributed by atoms with van der Waals surface area (Å²) in [5.74, 6) is -5.03. The summed E-state index contributed by atoms with van der Waals surface area (Å²) >= 11 is 0. The number of rotatable bonds is 12. The Bertz CT molecular complexity index is 656. The van der Waals surface area contributed by atoms with E-state index in [1.165, 1.54) is 0 Å². The Morgan fingerprint density at radius 1 is 0.633 bits per heavy atom. The van der Waals surface area contributed by atoms with Gasteiger partial charge < -0.3 is 28.8 Å². The number of aliphatic hydroxyl groups is 1. The van der Waals surface area contributed by atoms with Crippen molar-refractivity contribution in [3.8, 4) is 0 Å². The molecule has 0 radical (unpaired) electrons. The number of hydrogen-bond donors (Lipinski definition) is 1. The maximum absolute atomic E-state index is 11.8. The van der Waals surface area contributed by atoms with Crippen LogP contribution in [-0.4, -0.2) is 78.4 Å². The molecule has 0 aromatic heterocycles. The van der Waals surface area contributed by atoms with E-state index in [0.29, 0.717) is 0 Å². The third-order valence-corrected chi connectivity index (χ3v) is 3.35. The Hall–Kier alpha value is -3.02. The lowest BCUT2D eigenvalue weighted by Gasteiger charge is -2.35. The van der Waals surface area contributed by atoms with Gasteiger partial charge in [0, 0.05) is 41.0 Å². The minimum absolute atomic E-state index is 0.592. The van der Waals surface area contributed by atoms with Gasteiger partial charge >= 0.3 is 29.8 Å². The standard InChI is InChI=1S/C18H26O12/c1-9(20)26-8-16(28-11(3)22)18(30-13(5)24)17(29-12(4)23)15(27-10(2)21)6-14(25)7-19/h15-19H,6-8H2,1-5H3/t15-,16+,17+,18+/m0/s1. The Kier molecular flexibility index (Phi) is 11.9. The molecule has 30 heavy (non-hydrogen) atoms. The highest BCUT2D eigenvalue weighted by Crippen LogP contribution is 2.22. The third kappa shape index (κ3) is 11.1. The minimum Gasteiger partial charge on any atom is -0.462 e. The van der Waals surface area contributed by atoms with Crippen LogP contribution < -0.4 is 0 Å². The predicted octanol–water partition coefficient (Wildman–Crippen LogP) is -0.772. The van der Waals surface area contributed by atoms with Gasteiger partial charge in [-0.1, -0.05) is 0 Å². The molecule has 0 unspecified atom stereocenters. The molecule has 0 amide bonds. The van der Waals surface area contributed by atoms with Gasteiger partial charge in [0.1, 0.15) is 19.3 Å². The smallest absolute Gasteiger partial charge is 0.303 e. The average molecular weight is 434 g/mol. The molecule has 0 aliphatic carbocycles. The largest absolute Gasteiger partial charge is 0.462 e. The Morgan fingerprint density at radius 3 is 1.40 bits per heavy atom. The normalized spacial score (nSPS) is 14.3. The molecule has 0 aliphatic rings. The zero-order chi connectivity index (χ0) is 23.4. The van der Waals surface area contributed by atoms with Gasteiger partial charge in [-0.3, -0.25) is 28.8 Å². The maximum Gasteiger partial charge on any atom is 0.303 e. The lowest BCUT2D eigenvalue weighted by molar-refractivity contribution is -0.203. The molecule has 0 bridgehead atoms. The van der Waals surface area contributed by atoms with E-state index in [9.17, 15) is 28.8 Å². The van der Waals surface area contributed by atoms with Crippen molar-refractivity contribution >= 4 is 35.6 Å². The van der Waals surface area contributed by atoms with Gasteiger partial charge in [-0.2, -0.15) is 0 Å². The van der Waals surface area contributed by atoms with Crippen LogP contribution in [-0.2, 0) is 52.5 Å². The van der Waals surface area contributed by atoms with Crippen molar-refractivity contribution in [3.63, 3.8) is 0 Å². The molecule has 0 fully saturated rings. The molecule has 0 aromatic rings. The van der Waals surface area contributed by atoms with Gasteiger partial charge in [0.25, 0.3) is 0 Å². The fourth-order valence-electron chi connectivity index (χ4n) is 2.43. The van der Waals surface area contributed by atoms with Crippen molar-refractivity contribution < 1.29 is 57.6 Å². The second-order valence-electron chi connectivity index (χ2n) is 6.15. The van der Waals surface area contributed by atoms with Crippen molar-refractivity contribution in [1.82, 2.24) is 0 Å². The van der Waals surface area contributed by atoms with Gasteiger partial charge in [-0.25, -0.2) is 0 Å². The highest BCUT2D eigenvalue weighted by molar-refractivity contribution is 5.80. The molecule has 1 N–H and O–H groups in total. The summed E-state index contributed by atoms with van der Waals surface area (Å²) in [6.45, 7) is 3.65. The molecule has 0 spiro atoms. The molecule has 170 valence electrons.